The van der Waals surface area contributed by atoms with Gasteiger partial charge in [-0.15, -0.1) is 0 Å². The molecule has 0 saturated carbocycles. The van der Waals surface area contributed by atoms with Crippen LogP contribution in [0.25, 0.3) is 0 Å². The molecule has 1 aliphatic carbocycles. The summed E-state index contributed by atoms with van der Waals surface area (Å²) in [6, 6.07) is 7.79. The van der Waals surface area contributed by atoms with Gasteiger partial charge in [0, 0.05) is 28.8 Å². The number of ketones is 1. The molecule has 3 N–H and O–H groups in total. The molecule has 10 nitrogen and oxygen atoms in total. The Bertz CT molecular complexity index is 1040. The van der Waals surface area contributed by atoms with Gasteiger partial charge in [-0.25, -0.2) is 4.79 Å². The number of non-ortho nitro benzene ring substituents is 1. The summed E-state index contributed by atoms with van der Waals surface area (Å²) in [7, 11) is 1.09. The molecule has 0 aromatic heterocycles. The van der Waals surface area contributed by atoms with E-state index in [0.717, 1.165) is 19.2 Å². The minimum atomic E-state index is -2.61. The number of hydrogen-bond donors (Lipinski definition) is 3. The molecule has 27 heavy (non-hydrogen) atoms. The normalized spacial score (nSPS) is 24.5. The summed E-state index contributed by atoms with van der Waals surface area (Å²) in [5.74, 6) is -3.63. The van der Waals surface area contributed by atoms with Gasteiger partial charge in [0.15, 0.2) is 5.75 Å². The Hall–Kier alpha value is -3.50. The van der Waals surface area contributed by atoms with Crippen molar-refractivity contribution < 1.29 is 34.2 Å². The highest BCUT2D eigenvalue weighted by atomic mass is 16.7. The highest BCUT2D eigenvalue weighted by Crippen LogP contribution is 2.60. The molecule has 1 heterocycles. The van der Waals surface area contributed by atoms with Crippen LogP contribution in [0.3, 0.4) is 0 Å². The average Bonchev–Trinajstić information content (AvgIpc) is 2.99. The number of aliphatic hydroxyl groups is 2. The number of Topliss-reactive ketones (excluding diaryl/α,β-unsaturated/α-hetero) is 1. The summed E-state index contributed by atoms with van der Waals surface area (Å²) in [4.78, 5) is 35.0. The van der Waals surface area contributed by atoms with Gasteiger partial charge in [0.25, 0.3) is 11.5 Å². The Balaban J connectivity index is 1.99. The number of rotatable bonds is 2. The Morgan fingerprint density at radius 3 is 2.63 bits per heavy atom. The number of amides is 1. The zero-order chi connectivity index (χ0) is 19.6. The van der Waals surface area contributed by atoms with Gasteiger partial charge in [0.1, 0.15) is 0 Å². The second kappa shape index (κ2) is 5.25. The van der Waals surface area contributed by atoms with E-state index in [2.05, 4.69) is 10.1 Å². The number of ether oxygens (including phenoxy) is 2. The molecular weight excluding hydrogens is 360 g/mol. The molecule has 2 aromatic rings. The van der Waals surface area contributed by atoms with Crippen LogP contribution < -0.4 is 10.1 Å². The van der Waals surface area contributed by atoms with Crippen molar-refractivity contribution in [2.45, 2.75) is 11.4 Å². The summed E-state index contributed by atoms with van der Waals surface area (Å²) < 4.78 is 9.99. The van der Waals surface area contributed by atoms with Crippen molar-refractivity contribution in [2.24, 2.45) is 0 Å². The van der Waals surface area contributed by atoms with Gasteiger partial charge in [-0.05, 0) is 0 Å². The third-order valence-electron chi connectivity index (χ3n) is 4.70. The smallest absolute Gasteiger partial charge is 0.411 e. The number of benzene rings is 2. The Morgan fingerprint density at radius 2 is 1.96 bits per heavy atom. The lowest BCUT2D eigenvalue weighted by Crippen LogP contribution is -2.48. The lowest BCUT2D eigenvalue weighted by molar-refractivity contribution is -0.384. The van der Waals surface area contributed by atoms with Crippen LogP contribution in [0, 0.1) is 10.1 Å². The van der Waals surface area contributed by atoms with Crippen molar-refractivity contribution in [2.75, 3.05) is 12.4 Å². The van der Waals surface area contributed by atoms with Crippen LogP contribution in [0.15, 0.2) is 36.4 Å². The van der Waals surface area contributed by atoms with E-state index >= 15 is 0 Å². The van der Waals surface area contributed by atoms with Crippen LogP contribution in [0.1, 0.15) is 21.5 Å². The SMILES string of the molecule is COC(=O)Nc1cc([N+](=O)[O-])cc2c1OC1(O)c3ccccc3C(=O)C21O. The predicted molar refractivity (Wildman–Crippen MR) is 88.3 cm³/mol. The molecule has 1 amide bonds. The number of carbonyl (C=O) groups is 2. The van der Waals surface area contributed by atoms with Crippen molar-refractivity contribution >= 4 is 23.3 Å². The molecule has 2 aliphatic rings. The number of nitro groups is 1. The maximum absolute atomic E-state index is 12.9. The molecule has 4 rings (SSSR count). The maximum atomic E-state index is 12.9. The molecule has 0 bridgehead atoms. The quantitative estimate of drug-likeness (QED) is 0.529. The zero-order valence-corrected chi connectivity index (χ0v) is 13.8. The van der Waals surface area contributed by atoms with Gasteiger partial charge in [-0.2, -0.15) is 0 Å². The number of anilines is 1. The topological polar surface area (TPSA) is 148 Å². The van der Waals surface area contributed by atoms with E-state index in [4.69, 9.17) is 4.74 Å². The first kappa shape index (κ1) is 16.9. The summed E-state index contributed by atoms with van der Waals surface area (Å²) in [5.41, 5.74) is -3.64. The first-order chi connectivity index (χ1) is 12.7. The van der Waals surface area contributed by atoms with Crippen LogP contribution >= 0.6 is 0 Å². The average molecular weight is 372 g/mol. The molecular formula is C17H12N2O8. The van der Waals surface area contributed by atoms with E-state index in [1.165, 1.54) is 18.2 Å². The third kappa shape index (κ3) is 1.96. The van der Waals surface area contributed by atoms with Crippen molar-refractivity contribution in [3.05, 3.63) is 63.2 Å². The number of nitrogens with one attached hydrogen (secondary N) is 1. The van der Waals surface area contributed by atoms with Gasteiger partial charge in [-0.3, -0.25) is 20.2 Å². The lowest BCUT2D eigenvalue weighted by atomic mass is 9.86. The standard InChI is InChI=1S/C17H12N2O8/c1-26-15(21)18-12-7-8(19(24)25)6-11-13(12)27-17(23)10-5-3-2-4-9(10)14(20)16(11,17)22/h2-7,22-23H,1H3,(H,18,21). The van der Waals surface area contributed by atoms with Gasteiger partial charge in [-0.1, -0.05) is 24.3 Å². The van der Waals surface area contributed by atoms with Crippen LogP contribution in [-0.2, 0) is 16.1 Å². The number of nitro benzene ring substituents is 1. The molecule has 2 unspecified atom stereocenters. The van der Waals surface area contributed by atoms with Gasteiger partial charge in [0.2, 0.25) is 11.4 Å². The van der Waals surface area contributed by atoms with E-state index in [0.29, 0.717) is 0 Å². The Morgan fingerprint density at radius 1 is 1.26 bits per heavy atom. The number of nitrogens with zero attached hydrogens (tertiary/aromatic N) is 1. The molecule has 0 fully saturated rings. The van der Waals surface area contributed by atoms with E-state index < -0.39 is 33.9 Å². The summed E-state index contributed by atoms with van der Waals surface area (Å²) in [6.07, 6.45) is -0.955. The van der Waals surface area contributed by atoms with Crippen LogP contribution in [-0.4, -0.2) is 34.1 Å². The largest absolute Gasteiger partial charge is 0.453 e. The summed E-state index contributed by atoms with van der Waals surface area (Å²) >= 11 is 0. The number of hydrogen-bond acceptors (Lipinski definition) is 8. The molecule has 10 heteroatoms. The van der Waals surface area contributed by atoms with E-state index in [1.54, 1.807) is 6.07 Å². The molecule has 138 valence electrons. The monoisotopic (exact) mass is 372 g/mol. The maximum Gasteiger partial charge on any atom is 0.411 e. The van der Waals surface area contributed by atoms with E-state index in [1.807, 2.05) is 0 Å². The fraction of sp³-hybridized carbons (Fsp3) is 0.176. The summed E-state index contributed by atoms with van der Waals surface area (Å²) in [5, 5.41) is 35.7. The first-order valence-electron chi connectivity index (χ1n) is 7.70. The zero-order valence-electron chi connectivity index (χ0n) is 13.8. The molecule has 0 saturated heterocycles. The third-order valence-corrected chi connectivity index (χ3v) is 4.70. The second-order valence-electron chi connectivity index (χ2n) is 6.07. The second-order valence-corrected chi connectivity index (χ2v) is 6.07. The number of methoxy groups -OCH3 is 1. The van der Waals surface area contributed by atoms with Crippen molar-refractivity contribution in [3.63, 3.8) is 0 Å². The minimum absolute atomic E-state index is 0.0142. The van der Waals surface area contributed by atoms with Crippen LogP contribution in [0.2, 0.25) is 0 Å². The van der Waals surface area contributed by atoms with Gasteiger partial charge >= 0.3 is 6.09 Å². The fourth-order valence-electron chi connectivity index (χ4n) is 3.45. The highest BCUT2D eigenvalue weighted by Gasteiger charge is 2.71. The van der Waals surface area contributed by atoms with Crippen molar-refractivity contribution in [1.29, 1.82) is 0 Å². The van der Waals surface area contributed by atoms with E-state index in [-0.39, 0.29) is 28.1 Å². The Labute approximate surface area is 151 Å². The molecule has 0 spiro atoms. The predicted octanol–water partition coefficient (Wildman–Crippen LogP) is 1.39. The molecule has 1 aliphatic heterocycles. The Kier molecular flexibility index (Phi) is 3.30. The van der Waals surface area contributed by atoms with Gasteiger partial charge < -0.3 is 19.7 Å². The number of carbonyl (C=O) groups excluding carboxylic acids is 2. The minimum Gasteiger partial charge on any atom is -0.453 e. The summed E-state index contributed by atoms with van der Waals surface area (Å²) in [6.45, 7) is 0. The fourth-order valence-corrected chi connectivity index (χ4v) is 3.45. The van der Waals surface area contributed by atoms with Gasteiger partial charge in [0.05, 0.1) is 17.7 Å². The van der Waals surface area contributed by atoms with Crippen LogP contribution in [0.4, 0.5) is 16.2 Å². The highest BCUT2D eigenvalue weighted by molar-refractivity contribution is 6.10. The molecule has 2 aromatic carbocycles. The van der Waals surface area contributed by atoms with E-state index in [9.17, 15) is 29.9 Å². The van der Waals surface area contributed by atoms with Crippen LogP contribution in [0.5, 0.6) is 5.75 Å². The molecule has 0 radical (unpaired) electrons. The lowest BCUT2D eigenvalue weighted by Gasteiger charge is -2.28. The number of fused-ring (bicyclic) bond motifs is 5. The van der Waals surface area contributed by atoms with Crippen molar-refractivity contribution in [3.8, 4) is 5.75 Å². The van der Waals surface area contributed by atoms with Crippen molar-refractivity contribution in [1.82, 2.24) is 0 Å². The first-order valence-corrected chi connectivity index (χ1v) is 7.70. The molecule has 2 atom stereocenters.